The number of benzene rings is 1. The van der Waals surface area contributed by atoms with E-state index in [2.05, 4.69) is 17.6 Å². The van der Waals surface area contributed by atoms with Crippen LogP contribution in [-0.2, 0) is 4.74 Å². The Morgan fingerprint density at radius 1 is 1.14 bits per heavy atom. The summed E-state index contributed by atoms with van der Waals surface area (Å²) in [6, 6.07) is 6.48. The molecule has 1 saturated heterocycles. The standard InChI is InChI=1S/C21H29N3O3.HI/c1-2-22-20(23-14-5-6-16-17(13-14)26-11-4-10-25-16)24-18-15-7-12-27-19(15)21(18)8-3-9-21;/h5-6,13,15,18-19H,2-4,7-12H2,1H3,(H2,22,23,24);1H. The summed E-state index contributed by atoms with van der Waals surface area (Å²) in [6.45, 7) is 5.12. The van der Waals surface area contributed by atoms with E-state index in [9.17, 15) is 0 Å². The van der Waals surface area contributed by atoms with Gasteiger partial charge in [-0.2, -0.15) is 0 Å². The minimum atomic E-state index is 0. The molecule has 5 rings (SSSR count). The Balaban J connectivity index is 0.00000192. The number of ether oxygens (including phenoxy) is 3. The molecule has 4 aliphatic rings. The van der Waals surface area contributed by atoms with Crippen molar-refractivity contribution >= 4 is 35.6 Å². The third-order valence-corrected chi connectivity index (χ3v) is 6.65. The maximum absolute atomic E-state index is 6.04. The second-order valence-electron chi connectivity index (χ2n) is 8.11. The van der Waals surface area contributed by atoms with Gasteiger partial charge >= 0.3 is 0 Å². The van der Waals surface area contributed by atoms with E-state index in [0.717, 1.165) is 49.1 Å². The smallest absolute Gasteiger partial charge is 0.196 e. The molecule has 2 saturated carbocycles. The Hall–Kier alpha value is -1.22. The molecule has 2 aliphatic carbocycles. The number of hydrogen-bond donors (Lipinski definition) is 2. The topological polar surface area (TPSA) is 64.1 Å². The average Bonchev–Trinajstić information content (AvgIpc) is 2.90. The minimum Gasteiger partial charge on any atom is -0.490 e. The highest BCUT2D eigenvalue weighted by atomic mass is 127. The minimum absolute atomic E-state index is 0. The van der Waals surface area contributed by atoms with E-state index in [1.807, 2.05) is 18.2 Å². The Morgan fingerprint density at radius 2 is 1.96 bits per heavy atom. The van der Waals surface area contributed by atoms with Crippen molar-refractivity contribution < 1.29 is 14.2 Å². The van der Waals surface area contributed by atoms with Gasteiger partial charge in [0.1, 0.15) is 0 Å². The van der Waals surface area contributed by atoms with Crippen LogP contribution in [0.5, 0.6) is 11.5 Å². The fraction of sp³-hybridized carbons (Fsp3) is 0.667. The van der Waals surface area contributed by atoms with Gasteiger partial charge in [0, 0.05) is 48.7 Å². The van der Waals surface area contributed by atoms with Crippen molar-refractivity contribution in [3.8, 4) is 11.5 Å². The predicted octanol–water partition coefficient (Wildman–Crippen LogP) is 3.80. The van der Waals surface area contributed by atoms with Crippen LogP contribution in [0.25, 0.3) is 0 Å². The van der Waals surface area contributed by atoms with Crippen LogP contribution in [0.2, 0.25) is 0 Å². The fourth-order valence-electron chi connectivity index (χ4n) is 5.26. The number of aliphatic imine (C=N–C) groups is 1. The van der Waals surface area contributed by atoms with Crippen molar-refractivity contribution in [3.05, 3.63) is 18.2 Å². The fourth-order valence-corrected chi connectivity index (χ4v) is 5.26. The van der Waals surface area contributed by atoms with Gasteiger partial charge in [0.15, 0.2) is 17.5 Å². The molecule has 0 radical (unpaired) electrons. The van der Waals surface area contributed by atoms with Crippen molar-refractivity contribution in [1.82, 2.24) is 5.32 Å². The highest BCUT2D eigenvalue weighted by molar-refractivity contribution is 14.0. The van der Waals surface area contributed by atoms with Crippen LogP contribution in [0.3, 0.4) is 0 Å². The van der Waals surface area contributed by atoms with E-state index in [1.54, 1.807) is 0 Å². The lowest BCUT2D eigenvalue weighted by atomic mass is 9.46. The highest BCUT2D eigenvalue weighted by Gasteiger charge is 2.66. The summed E-state index contributed by atoms with van der Waals surface area (Å²) in [5.41, 5.74) is 1.31. The second kappa shape index (κ2) is 8.26. The summed E-state index contributed by atoms with van der Waals surface area (Å²) < 4.78 is 17.6. The van der Waals surface area contributed by atoms with Gasteiger partial charge in [-0.15, -0.1) is 24.0 Å². The van der Waals surface area contributed by atoms with Crippen LogP contribution in [-0.4, -0.2) is 44.5 Å². The lowest BCUT2D eigenvalue weighted by Gasteiger charge is -2.63. The zero-order valence-electron chi connectivity index (χ0n) is 16.4. The first kappa shape index (κ1) is 20.1. The van der Waals surface area contributed by atoms with Crippen molar-refractivity contribution in [2.45, 2.75) is 51.2 Å². The average molecular weight is 499 g/mol. The molecule has 2 N–H and O–H groups in total. The molecule has 6 nitrogen and oxygen atoms in total. The molecule has 2 aliphatic heterocycles. The zero-order valence-corrected chi connectivity index (χ0v) is 18.7. The molecule has 1 aromatic rings. The van der Waals surface area contributed by atoms with Crippen LogP contribution >= 0.6 is 24.0 Å². The Labute approximate surface area is 183 Å². The van der Waals surface area contributed by atoms with Crippen LogP contribution in [0, 0.1) is 11.3 Å². The number of hydrogen-bond acceptors (Lipinski definition) is 4. The molecule has 1 spiro atoms. The van der Waals surface area contributed by atoms with Gasteiger partial charge in [-0.25, -0.2) is 0 Å². The molecule has 0 amide bonds. The summed E-state index contributed by atoms with van der Waals surface area (Å²) in [5, 5.41) is 7.22. The van der Waals surface area contributed by atoms with Crippen molar-refractivity contribution in [2.24, 2.45) is 16.3 Å². The number of nitrogens with zero attached hydrogens (tertiary/aromatic N) is 1. The quantitative estimate of drug-likeness (QED) is 0.377. The van der Waals surface area contributed by atoms with Crippen LogP contribution in [0.15, 0.2) is 23.2 Å². The summed E-state index contributed by atoms with van der Waals surface area (Å²) in [4.78, 5) is 4.69. The molecule has 2 heterocycles. The second-order valence-corrected chi connectivity index (χ2v) is 8.11. The van der Waals surface area contributed by atoms with Gasteiger partial charge < -0.3 is 24.8 Å². The van der Waals surface area contributed by atoms with Crippen molar-refractivity contribution in [2.75, 3.05) is 31.7 Å². The van der Waals surface area contributed by atoms with Gasteiger partial charge in [-0.1, -0.05) is 6.42 Å². The first-order valence-electron chi connectivity index (χ1n) is 10.4. The molecule has 1 aromatic carbocycles. The lowest BCUT2D eigenvalue weighted by molar-refractivity contribution is -0.171. The molecule has 154 valence electrons. The van der Waals surface area contributed by atoms with E-state index in [0.29, 0.717) is 36.7 Å². The third-order valence-electron chi connectivity index (χ3n) is 6.65. The number of nitrogens with one attached hydrogen (secondary N) is 2. The maximum Gasteiger partial charge on any atom is 0.196 e. The molecule has 3 atom stereocenters. The molecule has 3 fully saturated rings. The molecular weight excluding hydrogens is 469 g/mol. The van der Waals surface area contributed by atoms with E-state index in [1.165, 1.54) is 19.3 Å². The van der Waals surface area contributed by atoms with Gasteiger partial charge in [-0.05, 0) is 38.3 Å². The zero-order chi connectivity index (χ0) is 18.3. The SMILES string of the molecule is CCN=C(Nc1ccc2c(c1)OCCCO2)NC1C2CCOC2C12CCC2.I. The summed E-state index contributed by atoms with van der Waals surface area (Å²) in [6.07, 6.45) is 6.40. The third kappa shape index (κ3) is 3.34. The normalized spacial score (nSPS) is 29.6. The van der Waals surface area contributed by atoms with Crippen LogP contribution < -0.4 is 20.1 Å². The van der Waals surface area contributed by atoms with Gasteiger partial charge in [0.2, 0.25) is 0 Å². The first-order chi connectivity index (χ1) is 13.3. The molecule has 0 bridgehead atoms. The Kier molecular flexibility index (Phi) is 5.92. The monoisotopic (exact) mass is 499 g/mol. The molecule has 3 unspecified atom stereocenters. The summed E-state index contributed by atoms with van der Waals surface area (Å²) in [5.74, 6) is 3.10. The van der Waals surface area contributed by atoms with Gasteiger partial charge in [0.05, 0.1) is 19.3 Å². The molecular formula is C21H30IN3O3. The predicted molar refractivity (Wildman–Crippen MR) is 120 cm³/mol. The van der Waals surface area contributed by atoms with Crippen molar-refractivity contribution in [3.63, 3.8) is 0 Å². The molecule has 28 heavy (non-hydrogen) atoms. The number of fused-ring (bicyclic) bond motifs is 3. The van der Waals surface area contributed by atoms with Crippen LogP contribution in [0.1, 0.15) is 39.0 Å². The number of halogens is 1. The largest absolute Gasteiger partial charge is 0.490 e. The van der Waals surface area contributed by atoms with E-state index >= 15 is 0 Å². The van der Waals surface area contributed by atoms with E-state index in [-0.39, 0.29) is 24.0 Å². The first-order valence-corrected chi connectivity index (χ1v) is 10.4. The maximum atomic E-state index is 6.04. The van der Waals surface area contributed by atoms with E-state index < -0.39 is 0 Å². The Bertz CT molecular complexity index is 738. The summed E-state index contributed by atoms with van der Waals surface area (Å²) in [7, 11) is 0. The summed E-state index contributed by atoms with van der Waals surface area (Å²) >= 11 is 0. The van der Waals surface area contributed by atoms with Gasteiger partial charge in [-0.3, -0.25) is 4.99 Å². The number of rotatable bonds is 3. The molecule has 0 aromatic heterocycles. The van der Waals surface area contributed by atoms with Crippen molar-refractivity contribution in [1.29, 1.82) is 0 Å². The number of guanidine groups is 1. The molecule has 7 heteroatoms. The van der Waals surface area contributed by atoms with E-state index in [4.69, 9.17) is 19.2 Å². The Morgan fingerprint density at radius 3 is 2.71 bits per heavy atom. The number of anilines is 1. The van der Waals surface area contributed by atoms with Gasteiger partial charge in [0.25, 0.3) is 0 Å². The lowest BCUT2D eigenvalue weighted by Crippen LogP contribution is -2.72. The highest BCUT2D eigenvalue weighted by Crippen LogP contribution is 2.62. The van der Waals surface area contributed by atoms with Crippen LogP contribution in [0.4, 0.5) is 5.69 Å².